The molecule has 2 aliphatic rings. The number of nitrogens with zero attached hydrogens (tertiary/aromatic N) is 2. The van der Waals surface area contributed by atoms with Crippen LogP contribution in [0, 0.1) is 11.6 Å². The van der Waals surface area contributed by atoms with Crippen LogP contribution < -0.4 is 10.1 Å². The first-order valence-corrected chi connectivity index (χ1v) is 12.5. The number of halogens is 5. The van der Waals surface area contributed by atoms with Crippen LogP contribution in [0.1, 0.15) is 29.3 Å². The number of anilines is 1. The summed E-state index contributed by atoms with van der Waals surface area (Å²) in [5.74, 6) is -3.16. The second-order valence-corrected chi connectivity index (χ2v) is 9.78. The molecular weight excluding hydrogens is 537 g/mol. The van der Waals surface area contributed by atoms with Crippen molar-refractivity contribution < 1.29 is 41.0 Å². The maximum Gasteiger partial charge on any atom is 0.573 e. The van der Waals surface area contributed by atoms with Gasteiger partial charge in [0.2, 0.25) is 5.91 Å². The number of rotatable bonds is 8. The molecule has 3 aromatic rings. The number of carbonyl (C=O) groups is 2. The molecule has 210 valence electrons. The molecule has 1 unspecified atom stereocenters. The van der Waals surface area contributed by atoms with Crippen LogP contribution in [0.4, 0.5) is 27.6 Å². The van der Waals surface area contributed by atoms with E-state index in [9.17, 15) is 31.5 Å². The van der Waals surface area contributed by atoms with Crippen molar-refractivity contribution in [2.75, 3.05) is 18.5 Å². The maximum absolute atomic E-state index is 13.5. The van der Waals surface area contributed by atoms with E-state index in [2.05, 4.69) is 15.0 Å². The van der Waals surface area contributed by atoms with Gasteiger partial charge in [-0.25, -0.2) is 8.78 Å². The Morgan fingerprint density at radius 3 is 2.48 bits per heavy atom. The highest BCUT2D eigenvalue weighted by atomic mass is 19.4. The molecule has 1 aromatic heterocycles. The van der Waals surface area contributed by atoms with Gasteiger partial charge in [-0.05, 0) is 55.3 Å². The van der Waals surface area contributed by atoms with Crippen LogP contribution >= 0.6 is 0 Å². The van der Waals surface area contributed by atoms with Crippen LogP contribution in [0.2, 0.25) is 0 Å². The molecule has 2 aromatic carbocycles. The van der Waals surface area contributed by atoms with Crippen molar-refractivity contribution in [1.29, 1.82) is 0 Å². The average Bonchev–Trinajstić information content (AvgIpc) is 3.52. The molecular formula is C28H24F5N3O4. The van der Waals surface area contributed by atoms with Crippen molar-refractivity contribution >= 4 is 17.4 Å². The molecule has 0 saturated carbocycles. The predicted molar refractivity (Wildman–Crippen MR) is 134 cm³/mol. The molecule has 2 bridgehead atoms. The van der Waals surface area contributed by atoms with Gasteiger partial charge in [0.1, 0.15) is 11.6 Å². The summed E-state index contributed by atoms with van der Waals surface area (Å²) in [5, 5.41) is 2.49. The van der Waals surface area contributed by atoms with Gasteiger partial charge in [0.25, 0.3) is 0 Å². The lowest BCUT2D eigenvalue weighted by Gasteiger charge is -2.31. The van der Waals surface area contributed by atoms with Crippen molar-refractivity contribution in [3.63, 3.8) is 0 Å². The van der Waals surface area contributed by atoms with Crippen LogP contribution in [0.25, 0.3) is 11.3 Å². The van der Waals surface area contributed by atoms with Crippen LogP contribution in [-0.2, 0) is 16.0 Å². The quantitative estimate of drug-likeness (QED) is 0.303. The van der Waals surface area contributed by atoms with Crippen molar-refractivity contribution in [3.8, 4) is 17.0 Å². The van der Waals surface area contributed by atoms with E-state index < -0.39 is 41.5 Å². The monoisotopic (exact) mass is 561 g/mol. The zero-order valence-corrected chi connectivity index (χ0v) is 21.2. The Bertz CT molecular complexity index is 1410. The number of benzene rings is 2. The standard InChI is InChI=1S/C28H24F5N3O4/c1-15(36-13-22-11-21(36)14-39-22)27(38)35-24-9-17(3-5-26(24)40-28(31,32)33)25(37)6-16-2-4-23(34-12-16)18-7-19(29)10-20(30)8-18/h2-5,7-10,12,15,21-22H,6,11,13-14H2,1H3,(H,35,38)/t15?,21-,22-/m0/s1. The van der Waals surface area contributed by atoms with Crippen molar-refractivity contribution in [2.45, 2.75) is 44.3 Å². The minimum Gasteiger partial charge on any atom is -0.404 e. The topological polar surface area (TPSA) is 80.8 Å². The number of Topliss-reactive ketones (excluding diaryl/α,β-unsaturated/α-hetero) is 1. The van der Waals surface area contributed by atoms with Gasteiger partial charge in [-0.2, -0.15) is 0 Å². The van der Waals surface area contributed by atoms with E-state index >= 15 is 0 Å². The number of hydrogen-bond donors (Lipinski definition) is 1. The van der Waals surface area contributed by atoms with E-state index in [1.165, 1.54) is 18.3 Å². The lowest BCUT2D eigenvalue weighted by atomic mass is 10.0. The number of hydrogen-bond acceptors (Lipinski definition) is 6. The van der Waals surface area contributed by atoms with Gasteiger partial charge in [0.15, 0.2) is 11.5 Å². The highest BCUT2D eigenvalue weighted by Crippen LogP contribution is 2.33. The minimum atomic E-state index is -5.01. The van der Waals surface area contributed by atoms with Gasteiger partial charge in [0, 0.05) is 42.4 Å². The summed E-state index contributed by atoms with van der Waals surface area (Å²) in [7, 11) is 0. The first-order chi connectivity index (χ1) is 18.9. The Labute approximate surface area is 225 Å². The molecule has 0 spiro atoms. The summed E-state index contributed by atoms with van der Waals surface area (Å²) in [5.41, 5.74) is 0.732. The van der Waals surface area contributed by atoms with Gasteiger partial charge >= 0.3 is 6.36 Å². The molecule has 0 radical (unpaired) electrons. The van der Waals surface area contributed by atoms with Gasteiger partial charge < -0.3 is 14.8 Å². The molecule has 0 aliphatic carbocycles. The summed E-state index contributed by atoms with van der Waals surface area (Å²) < 4.78 is 75.8. The van der Waals surface area contributed by atoms with Crippen LogP contribution in [0.5, 0.6) is 5.75 Å². The molecule has 7 nitrogen and oxygen atoms in total. The third-order valence-corrected chi connectivity index (χ3v) is 6.95. The molecule has 2 saturated heterocycles. The number of amides is 1. The average molecular weight is 562 g/mol. The molecule has 2 aliphatic heterocycles. The zero-order chi connectivity index (χ0) is 28.6. The van der Waals surface area contributed by atoms with E-state index in [4.69, 9.17) is 4.74 Å². The highest BCUT2D eigenvalue weighted by Gasteiger charge is 2.43. The Hall–Kier alpha value is -3.90. The molecule has 3 atom stereocenters. The fourth-order valence-electron chi connectivity index (χ4n) is 5.00. The van der Waals surface area contributed by atoms with Crippen LogP contribution in [0.15, 0.2) is 54.7 Å². The summed E-state index contributed by atoms with van der Waals surface area (Å²) in [6, 6.07) is 8.76. The normalized spacial score (nSPS) is 19.4. The first-order valence-electron chi connectivity index (χ1n) is 12.5. The largest absolute Gasteiger partial charge is 0.573 e. The summed E-state index contributed by atoms with van der Waals surface area (Å²) in [6.45, 7) is 2.69. The van der Waals surface area contributed by atoms with E-state index in [0.29, 0.717) is 24.4 Å². The third-order valence-electron chi connectivity index (χ3n) is 6.95. The SMILES string of the molecule is CC(C(=O)Nc1cc(C(=O)Cc2ccc(-c3cc(F)cc(F)c3)nc2)ccc1OC(F)(F)F)N1C[C@@H]2C[C@H]1CO2. The smallest absolute Gasteiger partial charge is 0.404 e. The van der Waals surface area contributed by atoms with E-state index in [-0.39, 0.29) is 35.4 Å². The number of morpholine rings is 1. The number of nitrogens with one attached hydrogen (secondary N) is 1. The van der Waals surface area contributed by atoms with E-state index in [1.807, 2.05) is 4.90 Å². The molecule has 1 N–H and O–H groups in total. The van der Waals surface area contributed by atoms with Gasteiger partial charge in [-0.1, -0.05) is 6.07 Å². The lowest BCUT2D eigenvalue weighted by Crippen LogP contribution is -2.48. The Morgan fingerprint density at radius 2 is 1.88 bits per heavy atom. The number of alkyl halides is 3. The second kappa shape index (κ2) is 10.9. The molecule has 12 heteroatoms. The Kier molecular flexibility index (Phi) is 7.56. The first kappa shape index (κ1) is 27.7. The lowest BCUT2D eigenvalue weighted by molar-refractivity contribution is -0.274. The molecule has 2 fully saturated rings. The number of carbonyl (C=O) groups excluding carboxylic acids is 2. The van der Waals surface area contributed by atoms with Crippen molar-refractivity contribution in [2.24, 2.45) is 0 Å². The van der Waals surface area contributed by atoms with Crippen LogP contribution in [0.3, 0.4) is 0 Å². The zero-order valence-electron chi connectivity index (χ0n) is 21.2. The van der Waals surface area contributed by atoms with E-state index in [0.717, 1.165) is 36.8 Å². The number of fused-ring (bicyclic) bond motifs is 2. The highest BCUT2D eigenvalue weighted by molar-refractivity contribution is 6.01. The summed E-state index contributed by atoms with van der Waals surface area (Å²) >= 11 is 0. The Morgan fingerprint density at radius 1 is 1.12 bits per heavy atom. The van der Waals surface area contributed by atoms with Crippen LogP contribution in [-0.4, -0.2) is 59.3 Å². The van der Waals surface area contributed by atoms with Crippen molar-refractivity contribution in [1.82, 2.24) is 9.88 Å². The molecule has 3 heterocycles. The summed E-state index contributed by atoms with van der Waals surface area (Å²) in [6.07, 6.45) is -2.98. The number of ketones is 1. The Balaban J connectivity index is 1.32. The fraction of sp³-hybridized carbons (Fsp3) is 0.321. The number of pyridine rings is 1. The third kappa shape index (κ3) is 6.28. The second-order valence-electron chi connectivity index (χ2n) is 9.78. The predicted octanol–water partition coefficient (Wildman–Crippen LogP) is 5.15. The summed E-state index contributed by atoms with van der Waals surface area (Å²) in [4.78, 5) is 32.1. The molecule has 40 heavy (non-hydrogen) atoms. The number of likely N-dealkylation sites (tertiary alicyclic amines) is 1. The molecule has 1 amide bonds. The number of ether oxygens (including phenoxy) is 2. The van der Waals surface area contributed by atoms with Crippen molar-refractivity contribution in [3.05, 3.63) is 77.5 Å². The minimum absolute atomic E-state index is 0.0314. The van der Waals surface area contributed by atoms with Gasteiger partial charge in [0.05, 0.1) is 30.1 Å². The van der Waals surface area contributed by atoms with Gasteiger partial charge in [-0.3, -0.25) is 19.5 Å². The number of aromatic nitrogens is 1. The van der Waals surface area contributed by atoms with E-state index in [1.54, 1.807) is 13.0 Å². The molecule has 5 rings (SSSR count). The maximum atomic E-state index is 13.5. The fourth-order valence-corrected chi connectivity index (χ4v) is 5.00. The van der Waals surface area contributed by atoms with Gasteiger partial charge in [-0.15, -0.1) is 13.2 Å².